The van der Waals surface area contributed by atoms with Crippen LogP contribution in [0.2, 0.25) is 5.02 Å². The number of rotatable bonds is 8. The number of halogens is 3. The molecule has 28 heavy (non-hydrogen) atoms. The normalized spacial score (nSPS) is 10.7. The maximum absolute atomic E-state index is 14.0. The molecule has 0 saturated carbocycles. The van der Waals surface area contributed by atoms with Crippen LogP contribution in [0.15, 0.2) is 60.7 Å². The maximum Gasteiger partial charge on any atom is 0.166 e. The minimum absolute atomic E-state index is 0.0170. The highest BCUT2D eigenvalue weighted by Gasteiger charge is 2.14. The molecule has 0 aromatic heterocycles. The van der Waals surface area contributed by atoms with E-state index in [1.54, 1.807) is 37.4 Å². The Kier molecular flexibility index (Phi) is 6.85. The summed E-state index contributed by atoms with van der Waals surface area (Å²) in [6.45, 7) is 1.04. The van der Waals surface area contributed by atoms with Crippen LogP contribution >= 0.6 is 11.6 Å². The van der Waals surface area contributed by atoms with Gasteiger partial charge in [-0.3, -0.25) is 0 Å². The number of nitrogens with one attached hydrogen (secondary N) is 1. The number of para-hydroxylation sites is 1. The van der Waals surface area contributed by atoms with Crippen LogP contribution in [-0.4, -0.2) is 7.11 Å². The fraction of sp³-hybridized carbons (Fsp3) is 0.182. The van der Waals surface area contributed by atoms with Crippen molar-refractivity contribution in [3.8, 4) is 11.5 Å². The molecule has 3 rings (SSSR count). The molecule has 1 N–H and O–H groups in total. The summed E-state index contributed by atoms with van der Waals surface area (Å²) in [6, 6.07) is 16.4. The van der Waals surface area contributed by atoms with Gasteiger partial charge in [-0.05, 0) is 35.9 Å². The van der Waals surface area contributed by atoms with Crippen molar-refractivity contribution in [3.63, 3.8) is 0 Å². The summed E-state index contributed by atoms with van der Waals surface area (Å²) >= 11 is 6.08. The Morgan fingerprint density at radius 1 is 0.929 bits per heavy atom. The molecule has 0 atom stereocenters. The molecular formula is C22H20ClF2NO2. The minimum Gasteiger partial charge on any atom is -0.493 e. The Morgan fingerprint density at radius 3 is 2.39 bits per heavy atom. The van der Waals surface area contributed by atoms with Crippen molar-refractivity contribution in [2.75, 3.05) is 7.11 Å². The second kappa shape index (κ2) is 9.53. The van der Waals surface area contributed by atoms with Gasteiger partial charge in [0, 0.05) is 24.2 Å². The summed E-state index contributed by atoms with van der Waals surface area (Å²) in [7, 11) is 1.55. The maximum atomic E-state index is 14.0. The van der Waals surface area contributed by atoms with Crippen LogP contribution in [0.1, 0.15) is 16.7 Å². The largest absolute Gasteiger partial charge is 0.493 e. The molecule has 0 radical (unpaired) electrons. The Hall–Kier alpha value is -2.63. The molecule has 0 fully saturated rings. The number of hydrogen-bond acceptors (Lipinski definition) is 3. The van der Waals surface area contributed by atoms with Gasteiger partial charge in [0.2, 0.25) is 0 Å². The summed E-state index contributed by atoms with van der Waals surface area (Å²) in [4.78, 5) is 0. The lowest BCUT2D eigenvalue weighted by Crippen LogP contribution is -2.14. The quantitative estimate of drug-likeness (QED) is 0.539. The molecule has 3 aromatic carbocycles. The lowest BCUT2D eigenvalue weighted by molar-refractivity contribution is 0.276. The third kappa shape index (κ3) is 5.00. The second-order valence-corrected chi connectivity index (χ2v) is 6.57. The Bertz CT molecular complexity index is 912. The molecular weight excluding hydrogens is 384 g/mol. The first-order valence-corrected chi connectivity index (χ1v) is 9.13. The number of benzene rings is 3. The molecule has 0 amide bonds. The molecule has 3 nitrogen and oxygen atoms in total. The van der Waals surface area contributed by atoms with Crippen molar-refractivity contribution >= 4 is 11.6 Å². The molecule has 0 aliphatic carbocycles. The molecule has 0 spiro atoms. The third-order valence-corrected chi connectivity index (χ3v) is 4.61. The van der Waals surface area contributed by atoms with E-state index in [2.05, 4.69) is 5.32 Å². The molecule has 0 bridgehead atoms. The van der Waals surface area contributed by atoms with Gasteiger partial charge in [-0.2, -0.15) is 0 Å². The third-order valence-electron chi connectivity index (χ3n) is 4.26. The van der Waals surface area contributed by atoms with E-state index in [1.807, 2.05) is 12.1 Å². The highest BCUT2D eigenvalue weighted by atomic mass is 35.5. The van der Waals surface area contributed by atoms with Crippen LogP contribution < -0.4 is 14.8 Å². The highest BCUT2D eigenvalue weighted by Crippen LogP contribution is 2.32. The van der Waals surface area contributed by atoms with Crippen LogP contribution in [0.4, 0.5) is 8.78 Å². The van der Waals surface area contributed by atoms with Gasteiger partial charge in [-0.15, -0.1) is 0 Å². The van der Waals surface area contributed by atoms with E-state index in [9.17, 15) is 8.78 Å². The summed E-state index contributed by atoms with van der Waals surface area (Å²) in [5.41, 5.74) is 2.11. The van der Waals surface area contributed by atoms with E-state index in [1.165, 1.54) is 18.2 Å². The Balaban J connectivity index is 1.72. The van der Waals surface area contributed by atoms with Crippen molar-refractivity contribution in [3.05, 3.63) is 94.0 Å². The van der Waals surface area contributed by atoms with Crippen molar-refractivity contribution < 1.29 is 18.3 Å². The first-order chi connectivity index (χ1) is 13.6. The standard InChI is InChI=1S/C22H20ClF2NO2/c1-27-21-7-2-4-16(13-26-12-15-8-10-17(24)11-9-15)22(21)28-14-18-19(23)5-3-6-20(18)25/h2-11,26H,12-14H2,1H3. The zero-order valence-electron chi connectivity index (χ0n) is 15.3. The van der Waals surface area contributed by atoms with Crippen LogP contribution in [-0.2, 0) is 19.7 Å². The Morgan fingerprint density at radius 2 is 1.68 bits per heavy atom. The molecule has 6 heteroatoms. The van der Waals surface area contributed by atoms with Gasteiger partial charge >= 0.3 is 0 Å². The number of hydrogen-bond donors (Lipinski definition) is 1. The zero-order chi connectivity index (χ0) is 19.9. The number of methoxy groups -OCH3 is 1. The van der Waals surface area contributed by atoms with Crippen LogP contribution in [0, 0.1) is 11.6 Å². The van der Waals surface area contributed by atoms with E-state index in [0.717, 1.165) is 11.1 Å². The zero-order valence-corrected chi connectivity index (χ0v) is 16.1. The SMILES string of the molecule is COc1cccc(CNCc2ccc(F)cc2)c1OCc1c(F)cccc1Cl. The lowest BCUT2D eigenvalue weighted by Gasteiger charge is -2.16. The fourth-order valence-corrected chi connectivity index (χ4v) is 3.00. The van der Waals surface area contributed by atoms with Gasteiger partial charge in [0.05, 0.1) is 12.1 Å². The smallest absolute Gasteiger partial charge is 0.166 e. The van der Waals surface area contributed by atoms with Gasteiger partial charge in [-0.1, -0.05) is 41.9 Å². The average Bonchev–Trinajstić information content (AvgIpc) is 2.69. The van der Waals surface area contributed by atoms with Crippen LogP contribution in [0.3, 0.4) is 0 Å². The lowest BCUT2D eigenvalue weighted by atomic mass is 10.1. The molecule has 0 aliphatic heterocycles. The highest BCUT2D eigenvalue weighted by molar-refractivity contribution is 6.31. The topological polar surface area (TPSA) is 30.5 Å². The average molecular weight is 404 g/mol. The summed E-state index contributed by atoms with van der Waals surface area (Å²) in [5, 5.41) is 3.60. The van der Waals surface area contributed by atoms with Crippen LogP contribution in [0.5, 0.6) is 11.5 Å². The van der Waals surface area contributed by atoms with Gasteiger partial charge < -0.3 is 14.8 Å². The molecule has 146 valence electrons. The van der Waals surface area contributed by atoms with Gasteiger partial charge in [0.15, 0.2) is 11.5 Å². The van der Waals surface area contributed by atoms with E-state index in [-0.39, 0.29) is 12.4 Å². The van der Waals surface area contributed by atoms with Gasteiger partial charge in [0.1, 0.15) is 18.2 Å². The van der Waals surface area contributed by atoms with E-state index in [0.29, 0.717) is 35.2 Å². The van der Waals surface area contributed by atoms with E-state index in [4.69, 9.17) is 21.1 Å². The predicted octanol–water partition coefficient (Wildman–Crippen LogP) is 5.50. The summed E-state index contributed by atoms with van der Waals surface area (Å²) < 4.78 is 38.3. The Labute approximate surface area is 167 Å². The fourth-order valence-electron chi connectivity index (χ4n) is 2.78. The molecule has 0 unspecified atom stereocenters. The second-order valence-electron chi connectivity index (χ2n) is 6.17. The molecule has 0 aliphatic rings. The first-order valence-electron chi connectivity index (χ1n) is 8.75. The summed E-state index contributed by atoms with van der Waals surface area (Å²) in [5.74, 6) is 0.391. The monoisotopic (exact) mass is 403 g/mol. The molecule has 3 aromatic rings. The van der Waals surface area contributed by atoms with Gasteiger partial charge in [-0.25, -0.2) is 8.78 Å². The van der Waals surface area contributed by atoms with Gasteiger partial charge in [0.25, 0.3) is 0 Å². The first kappa shape index (κ1) is 20.1. The number of ether oxygens (including phenoxy) is 2. The van der Waals surface area contributed by atoms with Crippen molar-refractivity contribution in [1.82, 2.24) is 5.32 Å². The van der Waals surface area contributed by atoms with E-state index < -0.39 is 5.82 Å². The minimum atomic E-state index is -0.418. The molecule has 0 saturated heterocycles. The predicted molar refractivity (Wildman–Crippen MR) is 106 cm³/mol. The van der Waals surface area contributed by atoms with Crippen LogP contribution in [0.25, 0.3) is 0 Å². The molecule has 0 heterocycles. The van der Waals surface area contributed by atoms with Crippen molar-refractivity contribution in [2.45, 2.75) is 19.7 Å². The summed E-state index contributed by atoms with van der Waals surface area (Å²) in [6.07, 6.45) is 0. The van der Waals surface area contributed by atoms with Crippen molar-refractivity contribution in [2.24, 2.45) is 0 Å². The van der Waals surface area contributed by atoms with E-state index >= 15 is 0 Å². The van der Waals surface area contributed by atoms with Crippen molar-refractivity contribution in [1.29, 1.82) is 0 Å².